The first-order chi connectivity index (χ1) is 13.6. The molecule has 0 bridgehead atoms. The molecule has 1 amide bonds. The predicted molar refractivity (Wildman–Crippen MR) is 99.8 cm³/mol. The lowest BCUT2D eigenvalue weighted by atomic mass is 10.1. The monoisotopic (exact) mass is 431 g/mol. The summed E-state index contributed by atoms with van der Waals surface area (Å²) in [6, 6.07) is 6.59. The summed E-state index contributed by atoms with van der Waals surface area (Å²) in [7, 11) is 0. The van der Waals surface area contributed by atoms with Gasteiger partial charge in [-0.1, -0.05) is 11.6 Å². The molecule has 10 heteroatoms. The molecule has 1 N–H and O–H groups in total. The largest absolute Gasteiger partial charge is 0.478 e. The summed E-state index contributed by atoms with van der Waals surface area (Å²) >= 11 is 5.83. The van der Waals surface area contributed by atoms with Crippen LogP contribution in [0.4, 0.5) is 13.2 Å². The quantitative estimate of drug-likeness (QED) is 0.759. The molecule has 1 aromatic carbocycles. The van der Waals surface area contributed by atoms with Crippen molar-refractivity contribution in [3.8, 4) is 5.75 Å². The summed E-state index contributed by atoms with van der Waals surface area (Å²) in [5.74, 6) is 0.0818. The maximum atomic E-state index is 13.2. The molecule has 0 atom stereocenters. The Morgan fingerprint density at radius 3 is 2.66 bits per heavy atom. The van der Waals surface area contributed by atoms with Crippen LogP contribution in [0.2, 0.25) is 5.02 Å². The lowest BCUT2D eigenvalue weighted by Gasteiger charge is -2.25. The van der Waals surface area contributed by atoms with Crippen molar-refractivity contribution in [2.75, 3.05) is 13.2 Å². The second-order valence-corrected chi connectivity index (χ2v) is 7.56. The van der Waals surface area contributed by atoms with Crippen LogP contribution in [0, 0.1) is 0 Å². The highest BCUT2D eigenvalue weighted by atomic mass is 35.5. The molecule has 0 aliphatic carbocycles. The van der Waals surface area contributed by atoms with E-state index in [2.05, 4.69) is 10.4 Å². The van der Waals surface area contributed by atoms with Crippen LogP contribution < -0.4 is 10.1 Å². The molecule has 0 saturated heterocycles. The van der Waals surface area contributed by atoms with Crippen molar-refractivity contribution in [3.63, 3.8) is 0 Å². The SMILES string of the molecule is CC(C)(Oc1ccc(Cl)cc1)C(=O)NCCn1nc(C(F)(F)F)c2c1CCOC2. The minimum absolute atomic E-state index is 0.0708. The van der Waals surface area contributed by atoms with Gasteiger partial charge in [0.1, 0.15) is 5.75 Å². The second-order valence-electron chi connectivity index (χ2n) is 7.12. The lowest BCUT2D eigenvalue weighted by Crippen LogP contribution is -2.47. The molecule has 2 aromatic rings. The van der Waals surface area contributed by atoms with E-state index in [-0.39, 0.29) is 25.3 Å². The maximum Gasteiger partial charge on any atom is 0.435 e. The first-order valence-corrected chi connectivity index (χ1v) is 9.42. The van der Waals surface area contributed by atoms with Crippen molar-refractivity contribution in [1.82, 2.24) is 15.1 Å². The number of benzene rings is 1. The zero-order chi connectivity index (χ0) is 21.2. The number of carbonyl (C=O) groups excluding carboxylic acids is 1. The standard InChI is InChI=1S/C19H21ClF3N3O3/c1-18(2,29-13-5-3-12(20)4-6-13)17(27)24-8-9-26-15-7-10-28-11-14(15)16(25-26)19(21,22)23/h3-6H,7-11H2,1-2H3,(H,24,27). The number of nitrogens with zero attached hydrogens (tertiary/aromatic N) is 2. The molecule has 2 heterocycles. The number of nitrogens with one attached hydrogen (secondary N) is 1. The molecule has 6 nitrogen and oxygen atoms in total. The van der Waals surface area contributed by atoms with Crippen molar-refractivity contribution in [2.45, 2.75) is 45.2 Å². The Labute approximate surface area is 170 Å². The average Bonchev–Trinajstić information content (AvgIpc) is 3.03. The predicted octanol–water partition coefficient (Wildman–Crippen LogP) is 3.60. The van der Waals surface area contributed by atoms with Crippen LogP contribution in [0.1, 0.15) is 30.8 Å². The third-order valence-electron chi connectivity index (χ3n) is 4.51. The molecule has 0 saturated carbocycles. The third-order valence-corrected chi connectivity index (χ3v) is 4.76. The highest BCUT2D eigenvalue weighted by Crippen LogP contribution is 2.34. The molecule has 0 unspecified atom stereocenters. The van der Waals surface area contributed by atoms with Crippen LogP contribution >= 0.6 is 11.6 Å². The fourth-order valence-electron chi connectivity index (χ4n) is 3.05. The van der Waals surface area contributed by atoms with E-state index in [9.17, 15) is 18.0 Å². The lowest BCUT2D eigenvalue weighted by molar-refractivity contribution is -0.143. The van der Waals surface area contributed by atoms with Crippen molar-refractivity contribution < 1.29 is 27.4 Å². The van der Waals surface area contributed by atoms with Gasteiger partial charge < -0.3 is 14.8 Å². The number of halogens is 4. The normalized spacial score (nSPS) is 14.4. The molecule has 158 valence electrons. The Kier molecular flexibility index (Phi) is 6.09. The minimum Gasteiger partial charge on any atom is -0.478 e. The van der Waals surface area contributed by atoms with Crippen LogP contribution in [0.25, 0.3) is 0 Å². The summed E-state index contributed by atoms with van der Waals surface area (Å²) < 4.78 is 51.8. The zero-order valence-corrected chi connectivity index (χ0v) is 16.7. The molecule has 1 aliphatic rings. The number of hydrogen-bond donors (Lipinski definition) is 1. The number of aromatic nitrogens is 2. The summed E-state index contributed by atoms with van der Waals surface area (Å²) in [5, 5.41) is 6.96. The van der Waals surface area contributed by atoms with Crippen molar-refractivity contribution in [2.24, 2.45) is 0 Å². The fraction of sp³-hybridized carbons (Fsp3) is 0.474. The highest BCUT2D eigenvalue weighted by Gasteiger charge is 2.40. The van der Waals surface area contributed by atoms with Crippen molar-refractivity contribution >= 4 is 17.5 Å². The number of alkyl halides is 3. The first-order valence-electron chi connectivity index (χ1n) is 9.04. The zero-order valence-electron chi connectivity index (χ0n) is 16.0. The molecule has 3 rings (SSSR count). The van der Waals surface area contributed by atoms with E-state index in [1.807, 2.05) is 0 Å². The molecule has 29 heavy (non-hydrogen) atoms. The Bertz CT molecular complexity index is 879. The van der Waals surface area contributed by atoms with E-state index in [4.69, 9.17) is 21.1 Å². The van der Waals surface area contributed by atoms with E-state index in [1.165, 1.54) is 4.68 Å². The van der Waals surface area contributed by atoms with Gasteiger partial charge >= 0.3 is 6.18 Å². The molecular weight excluding hydrogens is 411 g/mol. The number of amides is 1. The molecule has 1 aliphatic heterocycles. The molecule has 0 spiro atoms. The van der Waals surface area contributed by atoms with Gasteiger partial charge in [-0.3, -0.25) is 9.48 Å². The van der Waals surface area contributed by atoms with Gasteiger partial charge in [-0.05, 0) is 38.1 Å². The molecular formula is C19H21ClF3N3O3. The second kappa shape index (κ2) is 8.23. The Hall–Kier alpha value is -2.26. The van der Waals surface area contributed by atoms with Gasteiger partial charge in [0.25, 0.3) is 5.91 Å². The Morgan fingerprint density at radius 1 is 1.31 bits per heavy atom. The van der Waals surface area contributed by atoms with Gasteiger partial charge in [0, 0.05) is 29.2 Å². The van der Waals surface area contributed by atoms with Gasteiger partial charge in [0.05, 0.1) is 19.8 Å². The molecule has 0 radical (unpaired) electrons. The molecule has 1 aromatic heterocycles. The van der Waals surface area contributed by atoms with Gasteiger partial charge in [-0.2, -0.15) is 18.3 Å². The fourth-order valence-corrected chi connectivity index (χ4v) is 3.18. The smallest absolute Gasteiger partial charge is 0.435 e. The first kappa shape index (κ1) is 21.4. The van der Waals surface area contributed by atoms with Crippen LogP contribution in [0.3, 0.4) is 0 Å². The number of ether oxygens (including phenoxy) is 2. The third kappa shape index (κ3) is 5.02. The van der Waals surface area contributed by atoms with E-state index in [1.54, 1.807) is 38.1 Å². The Balaban J connectivity index is 1.62. The van der Waals surface area contributed by atoms with Crippen LogP contribution in [-0.2, 0) is 35.3 Å². The number of fused-ring (bicyclic) bond motifs is 1. The Morgan fingerprint density at radius 2 is 2.00 bits per heavy atom. The van der Waals surface area contributed by atoms with Gasteiger partial charge in [-0.25, -0.2) is 0 Å². The maximum absolute atomic E-state index is 13.2. The van der Waals surface area contributed by atoms with E-state index in [0.717, 1.165) is 0 Å². The summed E-state index contributed by atoms with van der Waals surface area (Å²) in [6.07, 6.45) is -4.20. The molecule has 0 fully saturated rings. The van der Waals surface area contributed by atoms with Gasteiger partial charge in [-0.15, -0.1) is 0 Å². The summed E-state index contributed by atoms with van der Waals surface area (Å²) in [5.41, 5.74) is -1.54. The number of rotatable bonds is 6. The van der Waals surface area contributed by atoms with Crippen molar-refractivity contribution in [3.05, 3.63) is 46.2 Å². The highest BCUT2D eigenvalue weighted by molar-refractivity contribution is 6.30. The summed E-state index contributed by atoms with van der Waals surface area (Å²) in [6.45, 7) is 3.65. The van der Waals surface area contributed by atoms with E-state index < -0.39 is 23.4 Å². The van der Waals surface area contributed by atoms with E-state index >= 15 is 0 Å². The topological polar surface area (TPSA) is 65.4 Å². The number of hydrogen-bond acceptors (Lipinski definition) is 4. The van der Waals surface area contributed by atoms with Crippen LogP contribution in [0.15, 0.2) is 24.3 Å². The van der Waals surface area contributed by atoms with Crippen LogP contribution in [0.5, 0.6) is 5.75 Å². The average molecular weight is 432 g/mol. The van der Waals surface area contributed by atoms with Gasteiger partial charge in [0.2, 0.25) is 0 Å². The minimum atomic E-state index is -4.55. The van der Waals surface area contributed by atoms with Crippen molar-refractivity contribution in [1.29, 1.82) is 0 Å². The number of carbonyl (C=O) groups is 1. The summed E-state index contributed by atoms with van der Waals surface area (Å²) in [4.78, 5) is 12.5. The van der Waals surface area contributed by atoms with Gasteiger partial charge in [0.15, 0.2) is 11.3 Å². The van der Waals surface area contributed by atoms with E-state index in [0.29, 0.717) is 29.5 Å². The van der Waals surface area contributed by atoms with Crippen LogP contribution in [-0.4, -0.2) is 34.4 Å².